The molecule has 0 aliphatic rings. The Morgan fingerprint density at radius 2 is 1.80 bits per heavy atom. The van der Waals surface area contributed by atoms with Crippen molar-refractivity contribution in [3.63, 3.8) is 0 Å². The third-order valence-corrected chi connectivity index (χ3v) is 1.35. The zero-order valence-corrected chi connectivity index (χ0v) is 9.15. The number of ether oxygens (including phenoxy) is 2. The van der Waals surface area contributed by atoms with Crippen molar-refractivity contribution in [2.75, 3.05) is 26.4 Å². The summed E-state index contributed by atoms with van der Waals surface area (Å²) >= 11 is 6.59. The van der Waals surface area contributed by atoms with Crippen LogP contribution in [0.3, 0.4) is 0 Å². The highest BCUT2D eigenvalue weighted by Gasteiger charge is 1.95. The number of alkyl halides is 2. The summed E-state index contributed by atoms with van der Waals surface area (Å²) < 4.78 is 10.5. The van der Waals surface area contributed by atoms with Crippen LogP contribution in [0.4, 0.5) is 0 Å². The first-order valence-electron chi connectivity index (χ1n) is 3.21. The van der Waals surface area contributed by atoms with Crippen LogP contribution < -0.4 is 0 Å². The van der Waals surface area contributed by atoms with Crippen LogP contribution in [-0.2, 0) is 9.47 Å². The largest absolute Gasteiger partial charge is 0.379 e. The van der Waals surface area contributed by atoms with Gasteiger partial charge >= 0.3 is 0 Å². The van der Waals surface area contributed by atoms with Crippen molar-refractivity contribution in [2.45, 2.75) is 10.7 Å². The molecule has 0 aliphatic carbocycles. The minimum atomic E-state index is 0.252. The van der Waals surface area contributed by atoms with Crippen molar-refractivity contribution < 1.29 is 9.47 Å². The van der Waals surface area contributed by atoms with Gasteiger partial charge in [-0.1, -0.05) is 31.9 Å². The molecule has 0 saturated heterocycles. The second kappa shape index (κ2) is 7.98. The summed E-state index contributed by atoms with van der Waals surface area (Å²) in [5.74, 6) is 0. The van der Waals surface area contributed by atoms with Crippen molar-refractivity contribution in [2.24, 2.45) is 0 Å². The summed E-state index contributed by atoms with van der Waals surface area (Å²) in [5.41, 5.74) is 0. The Kier molecular flexibility index (Phi) is 8.68. The Morgan fingerprint density at radius 3 is 2.30 bits per heavy atom. The summed E-state index contributed by atoms with van der Waals surface area (Å²) in [6.45, 7) is 4.75. The first kappa shape index (κ1) is 10.9. The Hall–Kier alpha value is 0.880. The number of hydrogen-bond acceptors (Lipinski definition) is 2. The van der Waals surface area contributed by atoms with Gasteiger partial charge in [-0.3, -0.25) is 0 Å². The molecule has 0 aliphatic heterocycles. The molecule has 0 saturated carbocycles. The topological polar surface area (TPSA) is 18.5 Å². The lowest BCUT2D eigenvalue weighted by atomic mass is 10.7. The molecule has 0 amide bonds. The van der Waals surface area contributed by atoms with Crippen LogP contribution >= 0.6 is 31.9 Å². The summed E-state index contributed by atoms with van der Waals surface area (Å²) in [6.07, 6.45) is 0. The minimum Gasteiger partial charge on any atom is -0.379 e. The molecule has 0 bridgehead atoms. The average molecular weight is 276 g/mol. The summed E-state index contributed by atoms with van der Waals surface area (Å²) in [5, 5.41) is 0. The molecule has 2 nitrogen and oxygen atoms in total. The molecule has 0 aromatic carbocycles. The molecular formula is C6H12Br2O2. The molecule has 0 aromatic heterocycles. The minimum absolute atomic E-state index is 0.252. The van der Waals surface area contributed by atoms with Gasteiger partial charge in [0, 0.05) is 6.61 Å². The van der Waals surface area contributed by atoms with E-state index >= 15 is 0 Å². The van der Waals surface area contributed by atoms with Crippen molar-refractivity contribution in [1.82, 2.24) is 0 Å². The van der Waals surface area contributed by atoms with Crippen LogP contribution in [0.25, 0.3) is 0 Å². The van der Waals surface area contributed by atoms with Crippen LogP contribution in [0.1, 0.15) is 6.92 Å². The molecule has 62 valence electrons. The zero-order chi connectivity index (χ0) is 7.82. The first-order valence-corrected chi connectivity index (χ1v) is 5.04. The van der Waals surface area contributed by atoms with Gasteiger partial charge in [0.1, 0.15) is 0 Å². The standard InChI is InChI=1S/C6H12Br2O2/c1-2-9-3-4-10-5-6(7)8/h6H,2-5H2,1H3. The van der Waals surface area contributed by atoms with Crippen LogP contribution in [0.5, 0.6) is 0 Å². The molecule has 0 aromatic rings. The van der Waals surface area contributed by atoms with Crippen LogP contribution in [0, 0.1) is 0 Å². The van der Waals surface area contributed by atoms with E-state index in [0.717, 1.165) is 6.61 Å². The molecule has 4 heteroatoms. The van der Waals surface area contributed by atoms with Gasteiger partial charge < -0.3 is 9.47 Å². The van der Waals surface area contributed by atoms with Crippen LogP contribution in [0.15, 0.2) is 0 Å². The van der Waals surface area contributed by atoms with Crippen LogP contribution in [0.2, 0.25) is 0 Å². The highest BCUT2D eigenvalue weighted by molar-refractivity contribution is 9.24. The van der Waals surface area contributed by atoms with E-state index in [0.29, 0.717) is 19.8 Å². The summed E-state index contributed by atoms with van der Waals surface area (Å²) in [7, 11) is 0. The van der Waals surface area contributed by atoms with Crippen molar-refractivity contribution >= 4 is 31.9 Å². The fraction of sp³-hybridized carbons (Fsp3) is 1.00. The predicted octanol–water partition coefficient (Wildman–Crippen LogP) is 2.16. The van der Waals surface area contributed by atoms with Gasteiger partial charge in [0.05, 0.1) is 23.6 Å². The maximum absolute atomic E-state index is 5.18. The van der Waals surface area contributed by atoms with E-state index in [2.05, 4.69) is 31.9 Å². The van der Waals surface area contributed by atoms with E-state index in [1.165, 1.54) is 0 Å². The molecule has 10 heavy (non-hydrogen) atoms. The molecule has 0 atom stereocenters. The fourth-order valence-electron chi connectivity index (χ4n) is 0.435. The van der Waals surface area contributed by atoms with Gasteiger partial charge in [-0.2, -0.15) is 0 Å². The molecule has 0 N–H and O–H groups in total. The van der Waals surface area contributed by atoms with Gasteiger partial charge in [0.25, 0.3) is 0 Å². The lowest BCUT2D eigenvalue weighted by Crippen LogP contribution is -2.07. The normalized spacial score (nSPS) is 10.8. The van der Waals surface area contributed by atoms with Crippen molar-refractivity contribution in [3.05, 3.63) is 0 Å². The van der Waals surface area contributed by atoms with E-state index < -0.39 is 0 Å². The van der Waals surface area contributed by atoms with E-state index in [1.54, 1.807) is 0 Å². The van der Waals surface area contributed by atoms with Crippen molar-refractivity contribution in [3.8, 4) is 0 Å². The Morgan fingerprint density at radius 1 is 1.20 bits per heavy atom. The van der Waals surface area contributed by atoms with Gasteiger partial charge in [-0.15, -0.1) is 0 Å². The number of halogens is 2. The van der Waals surface area contributed by atoms with E-state index in [1.807, 2.05) is 6.92 Å². The predicted molar refractivity (Wildman–Crippen MR) is 49.0 cm³/mol. The average Bonchev–Trinajstić information content (AvgIpc) is 1.87. The first-order chi connectivity index (χ1) is 4.77. The third-order valence-electron chi connectivity index (χ3n) is 0.820. The Labute approximate surface area is 78.5 Å². The third kappa shape index (κ3) is 8.88. The quantitative estimate of drug-likeness (QED) is 0.546. The van der Waals surface area contributed by atoms with Crippen LogP contribution in [-0.4, -0.2) is 30.2 Å². The molecule has 0 radical (unpaired) electrons. The molecular weight excluding hydrogens is 264 g/mol. The molecule has 0 unspecified atom stereocenters. The number of hydrogen-bond donors (Lipinski definition) is 0. The fourth-order valence-corrected chi connectivity index (χ4v) is 0.808. The lowest BCUT2D eigenvalue weighted by Gasteiger charge is -2.03. The van der Waals surface area contributed by atoms with E-state index in [9.17, 15) is 0 Å². The second-order valence-corrected chi connectivity index (χ2v) is 5.10. The maximum Gasteiger partial charge on any atom is 0.0930 e. The van der Waals surface area contributed by atoms with Gasteiger partial charge in [-0.05, 0) is 6.92 Å². The zero-order valence-electron chi connectivity index (χ0n) is 5.98. The van der Waals surface area contributed by atoms with E-state index in [-0.39, 0.29) is 3.74 Å². The highest BCUT2D eigenvalue weighted by Crippen LogP contribution is 2.06. The maximum atomic E-state index is 5.18. The Balaban J connectivity index is 2.77. The van der Waals surface area contributed by atoms with Gasteiger partial charge in [-0.25, -0.2) is 0 Å². The molecule has 0 heterocycles. The Bertz CT molecular complexity index is 68.8. The molecule has 0 rings (SSSR count). The van der Waals surface area contributed by atoms with Crippen molar-refractivity contribution in [1.29, 1.82) is 0 Å². The number of rotatable bonds is 6. The second-order valence-electron chi connectivity index (χ2n) is 1.66. The molecule has 0 spiro atoms. The lowest BCUT2D eigenvalue weighted by molar-refractivity contribution is 0.0584. The summed E-state index contributed by atoms with van der Waals surface area (Å²) in [6, 6.07) is 0. The van der Waals surface area contributed by atoms with Gasteiger partial charge in [0.2, 0.25) is 0 Å². The van der Waals surface area contributed by atoms with E-state index in [4.69, 9.17) is 9.47 Å². The summed E-state index contributed by atoms with van der Waals surface area (Å²) in [4.78, 5) is 0. The van der Waals surface area contributed by atoms with Gasteiger partial charge in [0.15, 0.2) is 0 Å². The smallest absolute Gasteiger partial charge is 0.0930 e. The monoisotopic (exact) mass is 274 g/mol. The molecule has 0 fully saturated rings. The highest BCUT2D eigenvalue weighted by atomic mass is 79.9. The SMILES string of the molecule is CCOCCOCC(Br)Br.